The Bertz CT molecular complexity index is 689. The van der Waals surface area contributed by atoms with Crippen LogP contribution in [0.25, 0.3) is 22.2 Å². The first-order chi connectivity index (χ1) is 8.78. The minimum atomic E-state index is 0.768. The molecule has 2 aromatic carbocycles. The zero-order valence-corrected chi connectivity index (χ0v) is 11.8. The highest BCUT2D eigenvalue weighted by atomic mass is 127. The Morgan fingerprint density at radius 2 is 1.89 bits per heavy atom. The molecular formula is C14H10INO2. The Morgan fingerprint density at radius 3 is 2.61 bits per heavy atom. The molecule has 1 aromatic heterocycles. The van der Waals surface area contributed by atoms with E-state index in [0.717, 1.165) is 28.0 Å². The summed E-state index contributed by atoms with van der Waals surface area (Å²) in [7, 11) is 1.65. The van der Waals surface area contributed by atoms with Gasteiger partial charge in [-0.3, -0.25) is 0 Å². The van der Waals surface area contributed by atoms with Crippen LogP contribution in [-0.4, -0.2) is 12.3 Å². The highest BCUT2D eigenvalue weighted by molar-refractivity contribution is 14.1. The molecule has 3 rings (SSSR count). The lowest BCUT2D eigenvalue weighted by atomic mass is 10.1. The number of methoxy groups -OCH3 is 1. The summed E-state index contributed by atoms with van der Waals surface area (Å²) in [4.78, 5) is 0. The molecule has 3 nitrogen and oxygen atoms in total. The van der Waals surface area contributed by atoms with Crippen molar-refractivity contribution in [3.05, 3.63) is 46.0 Å². The van der Waals surface area contributed by atoms with Crippen LogP contribution in [0.2, 0.25) is 0 Å². The molecule has 0 saturated carbocycles. The Labute approximate surface area is 118 Å². The first-order valence-corrected chi connectivity index (χ1v) is 6.55. The topological polar surface area (TPSA) is 35.3 Å². The number of nitrogens with zero attached hydrogens (tertiary/aromatic N) is 1. The Morgan fingerprint density at radius 1 is 1.11 bits per heavy atom. The van der Waals surface area contributed by atoms with Gasteiger partial charge in [0.05, 0.1) is 12.5 Å². The van der Waals surface area contributed by atoms with E-state index in [4.69, 9.17) is 9.26 Å². The highest BCUT2D eigenvalue weighted by Crippen LogP contribution is 2.30. The van der Waals surface area contributed by atoms with Crippen LogP contribution in [0, 0.1) is 3.57 Å². The smallest absolute Gasteiger partial charge is 0.167 e. The average Bonchev–Trinajstić information content (AvgIpc) is 2.82. The van der Waals surface area contributed by atoms with Gasteiger partial charge < -0.3 is 9.26 Å². The monoisotopic (exact) mass is 351 g/mol. The molecule has 0 unspecified atom stereocenters. The molecule has 0 aliphatic carbocycles. The highest BCUT2D eigenvalue weighted by Gasteiger charge is 2.11. The van der Waals surface area contributed by atoms with Gasteiger partial charge in [0.15, 0.2) is 5.58 Å². The maximum absolute atomic E-state index is 5.33. The number of benzene rings is 2. The standard InChI is InChI=1S/C14H10INO2/c1-17-11-6-7-13-12(8-11)14(16-18-13)9-2-4-10(15)5-3-9/h2-8H,1H3. The van der Waals surface area contributed by atoms with Crippen molar-refractivity contribution in [3.63, 3.8) is 0 Å². The van der Waals surface area contributed by atoms with Crippen LogP contribution >= 0.6 is 22.6 Å². The molecule has 90 valence electrons. The SMILES string of the molecule is COc1ccc2onc(-c3ccc(I)cc3)c2c1. The van der Waals surface area contributed by atoms with Crippen molar-refractivity contribution >= 4 is 33.6 Å². The summed E-state index contributed by atoms with van der Waals surface area (Å²) in [6, 6.07) is 13.9. The van der Waals surface area contributed by atoms with E-state index >= 15 is 0 Å². The normalized spacial score (nSPS) is 10.8. The number of aromatic nitrogens is 1. The summed E-state index contributed by atoms with van der Waals surface area (Å²) in [5.74, 6) is 0.803. The second-order valence-corrected chi connectivity index (χ2v) is 5.15. The van der Waals surface area contributed by atoms with Gasteiger partial charge >= 0.3 is 0 Å². The maximum atomic E-state index is 5.33. The van der Waals surface area contributed by atoms with Crippen LogP contribution in [-0.2, 0) is 0 Å². The fourth-order valence-electron chi connectivity index (χ4n) is 1.86. The third-order valence-corrected chi connectivity index (χ3v) is 3.51. The zero-order chi connectivity index (χ0) is 12.5. The van der Waals surface area contributed by atoms with Crippen molar-refractivity contribution < 1.29 is 9.26 Å². The number of hydrogen-bond acceptors (Lipinski definition) is 3. The van der Waals surface area contributed by atoms with E-state index in [9.17, 15) is 0 Å². The van der Waals surface area contributed by atoms with Gasteiger partial charge in [-0.05, 0) is 52.9 Å². The molecule has 18 heavy (non-hydrogen) atoms. The number of halogens is 1. The molecule has 0 N–H and O–H groups in total. The van der Waals surface area contributed by atoms with Crippen molar-refractivity contribution in [2.45, 2.75) is 0 Å². The molecule has 4 heteroatoms. The summed E-state index contributed by atoms with van der Waals surface area (Å²) in [6.45, 7) is 0. The van der Waals surface area contributed by atoms with Gasteiger partial charge in [-0.25, -0.2) is 0 Å². The van der Waals surface area contributed by atoms with E-state index in [2.05, 4.69) is 39.9 Å². The van der Waals surface area contributed by atoms with Crippen LogP contribution in [0.3, 0.4) is 0 Å². The number of ether oxygens (including phenoxy) is 1. The third kappa shape index (κ3) is 1.96. The maximum Gasteiger partial charge on any atom is 0.167 e. The Kier molecular flexibility index (Phi) is 2.95. The molecule has 0 aliphatic rings. The van der Waals surface area contributed by atoms with Gasteiger partial charge in [0.25, 0.3) is 0 Å². The summed E-state index contributed by atoms with van der Waals surface area (Å²) in [5.41, 5.74) is 2.66. The molecule has 0 spiro atoms. The van der Waals surface area contributed by atoms with Gasteiger partial charge in [0.1, 0.15) is 11.4 Å². The first kappa shape index (κ1) is 11.5. The predicted octanol–water partition coefficient (Wildman–Crippen LogP) is 4.11. The zero-order valence-electron chi connectivity index (χ0n) is 9.68. The molecule has 0 atom stereocenters. The van der Waals surface area contributed by atoms with E-state index < -0.39 is 0 Å². The number of fused-ring (bicyclic) bond motifs is 1. The van der Waals surface area contributed by atoms with Crippen molar-refractivity contribution in [3.8, 4) is 17.0 Å². The van der Waals surface area contributed by atoms with Crippen LogP contribution in [0.1, 0.15) is 0 Å². The minimum Gasteiger partial charge on any atom is -0.497 e. The van der Waals surface area contributed by atoms with E-state index in [-0.39, 0.29) is 0 Å². The quantitative estimate of drug-likeness (QED) is 0.652. The molecule has 0 radical (unpaired) electrons. The summed E-state index contributed by atoms with van der Waals surface area (Å²) < 4.78 is 11.8. The second-order valence-electron chi connectivity index (χ2n) is 3.90. The fraction of sp³-hybridized carbons (Fsp3) is 0.0714. The van der Waals surface area contributed by atoms with Crippen molar-refractivity contribution in [2.75, 3.05) is 7.11 Å². The van der Waals surface area contributed by atoms with Gasteiger partial charge in [-0.2, -0.15) is 0 Å². The van der Waals surface area contributed by atoms with Gasteiger partial charge in [0.2, 0.25) is 0 Å². The lowest BCUT2D eigenvalue weighted by Crippen LogP contribution is -1.82. The largest absolute Gasteiger partial charge is 0.497 e. The average molecular weight is 351 g/mol. The molecule has 0 saturated heterocycles. The van der Waals surface area contributed by atoms with Gasteiger partial charge in [-0.15, -0.1) is 0 Å². The number of hydrogen-bond donors (Lipinski definition) is 0. The Hall–Kier alpha value is -1.56. The molecule has 3 aromatic rings. The van der Waals surface area contributed by atoms with Crippen LogP contribution in [0.15, 0.2) is 47.0 Å². The molecule has 0 bridgehead atoms. The molecule has 0 aliphatic heterocycles. The van der Waals surface area contributed by atoms with E-state index in [1.165, 1.54) is 3.57 Å². The van der Waals surface area contributed by atoms with Crippen LogP contribution in [0.5, 0.6) is 5.75 Å². The fourth-order valence-corrected chi connectivity index (χ4v) is 2.22. The first-order valence-electron chi connectivity index (χ1n) is 5.47. The Balaban J connectivity index is 2.19. The van der Waals surface area contributed by atoms with Crippen molar-refractivity contribution in [2.24, 2.45) is 0 Å². The van der Waals surface area contributed by atoms with Crippen LogP contribution < -0.4 is 4.74 Å². The molecule has 0 amide bonds. The van der Waals surface area contributed by atoms with Gasteiger partial charge in [-0.1, -0.05) is 17.3 Å². The summed E-state index contributed by atoms with van der Waals surface area (Å²) >= 11 is 2.28. The summed E-state index contributed by atoms with van der Waals surface area (Å²) in [5, 5.41) is 5.11. The van der Waals surface area contributed by atoms with Crippen molar-refractivity contribution in [1.82, 2.24) is 5.16 Å². The second kappa shape index (κ2) is 4.61. The van der Waals surface area contributed by atoms with E-state index in [1.807, 2.05) is 30.3 Å². The van der Waals surface area contributed by atoms with Crippen molar-refractivity contribution in [1.29, 1.82) is 0 Å². The van der Waals surface area contributed by atoms with Crippen LogP contribution in [0.4, 0.5) is 0 Å². The van der Waals surface area contributed by atoms with E-state index in [0.29, 0.717) is 0 Å². The summed E-state index contributed by atoms with van der Waals surface area (Å²) in [6.07, 6.45) is 0. The molecule has 1 heterocycles. The molecular weight excluding hydrogens is 341 g/mol. The lowest BCUT2D eigenvalue weighted by Gasteiger charge is -2.00. The third-order valence-electron chi connectivity index (χ3n) is 2.79. The predicted molar refractivity (Wildman–Crippen MR) is 78.7 cm³/mol. The number of rotatable bonds is 2. The molecule has 0 fully saturated rings. The lowest BCUT2D eigenvalue weighted by molar-refractivity contribution is 0.415. The van der Waals surface area contributed by atoms with E-state index in [1.54, 1.807) is 7.11 Å². The minimum absolute atomic E-state index is 0.768. The van der Waals surface area contributed by atoms with Gasteiger partial charge in [0, 0.05) is 9.13 Å².